The number of halogens is 2. The topological polar surface area (TPSA) is 57.7 Å². The minimum atomic E-state index is -1.61. The Morgan fingerprint density at radius 2 is 1.93 bits per heavy atom. The smallest absolute Gasteiger partial charge is 0.247 e. The number of thioether (sulfide) groups is 1. The van der Waals surface area contributed by atoms with Crippen molar-refractivity contribution in [2.24, 2.45) is 5.92 Å². The molecule has 0 aliphatic carbocycles. The molecule has 0 saturated heterocycles. The second-order valence-electron chi connectivity index (χ2n) is 6.63. The SMILES string of the molecule is CCCN(C(=O)C1C(=O)c2c(SC)cccc2N(C)C1=O)c1ccc(F)cc1F. The van der Waals surface area contributed by atoms with E-state index < -0.39 is 35.1 Å². The van der Waals surface area contributed by atoms with Gasteiger partial charge in [-0.1, -0.05) is 13.0 Å². The number of rotatable bonds is 5. The first-order valence-corrected chi connectivity index (χ1v) is 10.3. The number of hydrogen-bond donors (Lipinski definition) is 0. The van der Waals surface area contributed by atoms with Gasteiger partial charge in [0, 0.05) is 24.6 Å². The van der Waals surface area contributed by atoms with Gasteiger partial charge >= 0.3 is 0 Å². The highest BCUT2D eigenvalue weighted by atomic mass is 32.2. The summed E-state index contributed by atoms with van der Waals surface area (Å²) in [6.45, 7) is 1.86. The minimum Gasteiger partial charge on any atom is -0.314 e. The Bertz CT molecular complexity index is 996. The van der Waals surface area contributed by atoms with Gasteiger partial charge in [-0.3, -0.25) is 14.4 Å². The molecule has 1 atom stereocenters. The summed E-state index contributed by atoms with van der Waals surface area (Å²) in [5.74, 6) is -5.42. The number of carbonyl (C=O) groups is 3. The molecule has 8 heteroatoms. The van der Waals surface area contributed by atoms with Gasteiger partial charge in [0.1, 0.15) is 11.6 Å². The van der Waals surface area contributed by atoms with E-state index >= 15 is 0 Å². The Kier molecular flexibility index (Phi) is 6.02. The van der Waals surface area contributed by atoms with E-state index in [1.165, 1.54) is 23.7 Å². The number of anilines is 2. The van der Waals surface area contributed by atoms with Crippen molar-refractivity contribution < 1.29 is 23.2 Å². The monoisotopic (exact) mass is 418 g/mol. The fourth-order valence-electron chi connectivity index (χ4n) is 3.43. The van der Waals surface area contributed by atoms with Gasteiger partial charge in [0.15, 0.2) is 11.7 Å². The highest BCUT2D eigenvalue weighted by Crippen LogP contribution is 2.37. The molecule has 1 unspecified atom stereocenters. The van der Waals surface area contributed by atoms with Gasteiger partial charge in [0.05, 0.1) is 16.9 Å². The molecule has 152 valence electrons. The number of carbonyl (C=O) groups excluding carboxylic acids is 3. The highest BCUT2D eigenvalue weighted by molar-refractivity contribution is 7.98. The van der Waals surface area contributed by atoms with Crippen molar-refractivity contribution in [2.45, 2.75) is 18.2 Å². The summed E-state index contributed by atoms with van der Waals surface area (Å²) in [5, 5.41) is 0. The van der Waals surface area contributed by atoms with E-state index in [2.05, 4.69) is 0 Å². The summed E-state index contributed by atoms with van der Waals surface area (Å²) in [6, 6.07) is 7.97. The van der Waals surface area contributed by atoms with Crippen LogP contribution >= 0.6 is 11.8 Å². The molecule has 2 amide bonds. The number of amides is 2. The van der Waals surface area contributed by atoms with Crippen molar-refractivity contribution in [1.82, 2.24) is 0 Å². The van der Waals surface area contributed by atoms with Crippen LogP contribution in [0.5, 0.6) is 0 Å². The minimum absolute atomic E-state index is 0.0825. The Morgan fingerprint density at radius 1 is 1.21 bits per heavy atom. The maximum Gasteiger partial charge on any atom is 0.247 e. The zero-order valence-electron chi connectivity index (χ0n) is 16.2. The lowest BCUT2D eigenvalue weighted by Gasteiger charge is -2.33. The molecule has 5 nitrogen and oxygen atoms in total. The Balaban J connectivity index is 2.08. The fraction of sp³-hybridized carbons (Fsp3) is 0.286. The standard InChI is InChI=1S/C21H20F2N2O3S/c1-4-10-25(14-9-8-12(22)11-13(14)23)21(28)18-19(26)17-15(24(2)20(18)27)6-5-7-16(17)29-3/h5-9,11,18H,4,10H2,1-3H3. The third-order valence-corrected chi connectivity index (χ3v) is 5.61. The van der Waals surface area contributed by atoms with Gasteiger partial charge in [-0.2, -0.15) is 0 Å². The van der Waals surface area contributed by atoms with E-state index in [1.807, 2.05) is 0 Å². The predicted octanol–water partition coefficient (Wildman–Crippen LogP) is 3.91. The molecular weight excluding hydrogens is 398 g/mol. The Hall–Kier alpha value is -2.74. The molecule has 0 bridgehead atoms. The molecule has 1 aliphatic rings. The first kappa shape index (κ1) is 21.0. The lowest BCUT2D eigenvalue weighted by Crippen LogP contribution is -2.51. The zero-order chi connectivity index (χ0) is 21.3. The second kappa shape index (κ2) is 8.32. The second-order valence-corrected chi connectivity index (χ2v) is 7.48. The van der Waals surface area contributed by atoms with E-state index in [9.17, 15) is 23.2 Å². The third-order valence-electron chi connectivity index (χ3n) is 4.83. The molecule has 0 N–H and O–H groups in total. The van der Waals surface area contributed by atoms with Crippen LogP contribution in [-0.4, -0.2) is 37.4 Å². The number of hydrogen-bond acceptors (Lipinski definition) is 4. The van der Waals surface area contributed by atoms with Crippen LogP contribution < -0.4 is 9.80 Å². The average Bonchev–Trinajstić information content (AvgIpc) is 2.70. The number of Topliss-reactive ketones (excluding diaryl/α,β-unsaturated/α-hetero) is 1. The van der Waals surface area contributed by atoms with Crippen molar-refractivity contribution in [3.8, 4) is 0 Å². The molecule has 0 radical (unpaired) electrons. The summed E-state index contributed by atoms with van der Waals surface area (Å²) < 4.78 is 27.7. The molecule has 2 aromatic carbocycles. The first-order valence-electron chi connectivity index (χ1n) is 9.07. The lowest BCUT2D eigenvalue weighted by molar-refractivity contribution is -0.130. The summed E-state index contributed by atoms with van der Waals surface area (Å²) >= 11 is 1.34. The summed E-state index contributed by atoms with van der Waals surface area (Å²) in [4.78, 5) is 42.4. The van der Waals surface area contributed by atoms with Crippen molar-refractivity contribution in [3.63, 3.8) is 0 Å². The van der Waals surface area contributed by atoms with Gasteiger partial charge in [0.2, 0.25) is 11.8 Å². The molecule has 2 aromatic rings. The molecule has 0 saturated carbocycles. The lowest BCUT2D eigenvalue weighted by atomic mass is 9.89. The van der Waals surface area contributed by atoms with Gasteiger partial charge in [-0.25, -0.2) is 8.78 Å². The van der Waals surface area contributed by atoms with Crippen LogP contribution in [0.3, 0.4) is 0 Å². The van der Waals surface area contributed by atoms with Gasteiger partial charge in [0.25, 0.3) is 0 Å². The van der Waals surface area contributed by atoms with Crippen molar-refractivity contribution in [3.05, 3.63) is 53.6 Å². The largest absolute Gasteiger partial charge is 0.314 e. The Labute approximate surface area is 171 Å². The number of ketones is 1. The van der Waals surface area contributed by atoms with Crippen LogP contribution in [0.4, 0.5) is 20.2 Å². The van der Waals surface area contributed by atoms with E-state index in [4.69, 9.17) is 0 Å². The quantitative estimate of drug-likeness (QED) is 0.546. The maximum absolute atomic E-state index is 14.4. The van der Waals surface area contributed by atoms with Crippen LogP contribution in [0, 0.1) is 17.6 Å². The highest BCUT2D eigenvalue weighted by Gasteiger charge is 2.45. The predicted molar refractivity (Wildman–Crippen MR) is 108 cm³/mol. The molecule has 29 heavy (non-hydrogen) atoms. The molecule has 1 heterocycles. The number of nitrogens with zero attached hydrogens (tertiary/aromatic N) is 2. The molecule has 0 fully saturated rings. The molecule has 3 rings (SSSR count). The van der Waals surface area contributed by atoms with Crippen LogP contribution in [0.1, 0.15) is 23.7 Å². The van der Waals surface area contributed by atoms with Crippen LogP contribution in [-0.2, 0) is 9.59 Å². The van der Waals surface area contributed by atoms with Crippen LogP contribution in [0.15, 0.2) is 41.3 Å². The average molecular weight is 418 g/mol. The molecular formula is C21H20F2N2O3S. The van der Waals surface area contributed by atoms with E-state index in [0.29, 0.717) is 28.6 Å². The van der Waals surface area contributed by atoms with Crippen molar-refractivity contribution >= 4 is 40.7 Å². The molecule has 0 aromatic heterocycles. The summed E-state index contributed by atoms with van der Waals surface area (Å²) in [7, 11) is 1.50. The zero-order valence-corrected chi connectivity index (χ0v) is 17.1. The first-order chi connectivity index (χ1) is 13.8. The van der Waals surface area contributed by atoms with Crippen LogP contribution in [0.25, 0.3) is 0 Å². The summed E-state index contributed by atoms with van der Waals surface area (Å²) in [6.07, 6.45) is 2.26. The number of benzene rings is 2. The van der Waals surface area contributed by atoms with Crippen LogP contribution in [0.2, 0.25) is 0 Å². The van der Waals surface area contributed by atoms with Gasteiger partial charge < -0.3 is 9.80 Å². The van der Waals surface area contributed by atoms with Crippen molar-refractivity contribution in [1.29, 1.82) is 0 Å². The number of fused-ring (bicyclic) bond motifs is 1. The fourth-order valence-corrected chi connectivity index (χ4v) is 4.06. The van der Waals surface area contributed by atoms with Gasteiger partial charge in [-0.05, 0) is 36.9 Å². The molecule has 0 spiro atoms. The normalized spacial score (nSPS) is 16.0. The third kappa shape index (κ3) is 3.64. The maximum atomic E-state index is 14.4. The summed E-state index contributed by atoms with van der Waals surface area (Å²) in [5.41, 5.74) is 0.577. The van der Waals surface area contributed by atoms with E-state index in [1.54, 1.807) is 31.4 Å². The molecule has 1 aliphatic heterocycles. The Morgan fingerprint density at radius 3 is 2.55 bits per heavy atom. The van der Waals surface area contributed by atoms with E-state index in [-0.39, 0.29) is 12.2 Å². The van der Waals surface area contributed by atoms with Gasteiger partial charge in [-0.15, -0.1) is 11.8 Å². The van der Waals surface area contributed by atoms with Crippen molar-refractivity contribution in [2.75, 3.05) is 29.6 Å². The van der Waals surface area contributed by atoms with E-state index in [0.717, 1.165) is 17.0 Å².